The van der Waals surface area contributed by atoms with Crippen LogP contribution in [0, 0.1) is 10.1 Å². The van der Waals surface area contributed by atoms with Gasteiger partial charge in [0.2, 0.25) is 0 Å². The summed E-state index contributed by atoms with van der Waals surface area (Å²) in [4.78, 5) is 22.1. The van der Waals surface area contributed by atoms with Crippen LogP contribution in [0.25, 0.3) is 6.08 Å². The van der Waals surface area contributed by atoms with Crippen molar-refractivity contribution in [1.29, 1.82) is 0 Å². The zero-order valence-electron chi connectivity index (χ0n) is 10.1. The topological polar surface area (TPSA) is 84.3 Å². The van der Waals surface area contributed by atoms with Gasteiger partial charge in [-0.3, -0.25) is 20.3 Å². The fourth-order valence-electron chi connectivity index (χ4n) is 1.81. The van der Waals surface area contributed by atoms with Crippen LogP contribution >= 0.6 is 0 Å². The summed E-state index contributed by atoms with van der Waals surface area (Å²) in [5.41, 5.74) is 5.65. The molecule has 18 heavy (non-hydrogen) atoms. The second-order valence-electron chi connectivity index (χ2n) is 4.58. The number of hydrogen-bond acceptors (Lipinski definition) is 4. The highest BCUT2D eigenvalue weighted by atomic mass is 16.6. The molecule has 0 spiro atoms. The van der Waals surface area contributed by atoms with Crippen molar-refractivity contribution in [3.05, 3.63) is 45.5 Å². The molecule has 0 bridgehead atoms. The molecule has 1 aliphatic rings. The van der Waals surface area contributed by atoms with Crippen LogP contribution in [0.5, 0.6) is 0 Å². The van der Waals surface area contributed by atoms with Gasteiger partial charge in [0.15, 0.2) is 0 Å². The summed E-state index contributed by atoms with van der Waals surface area (Å²) >= 11 is 0. The summed E-state index contributed by atoms with van der Waals surface area (Å²) < 4.78 is 0. The van der Waals surface area contributed by atoms with E-state index in [1.165, 1.54) is 6.07 Å². The average molecular weight is 247 g/mol. The third kappa shape index (κ3) is 2.10. The van der Waals surface area contributed by atoms with Gasteiger partial charge in [-0.15, -0.1) is 0 Å². The lowest BCUT2D eigenvalue weighted by Crippen LogP contribution is -2.38. The first kappa shape index (κ1) is 12.3. The second kappa shape index (κ2) is 4.23. The SMILES string of the molecule is CC1(C)NNC(=O)/C1=C\c1ccccc1[N+](=O)[O-]. The van der Waals surface area contributed by atoms with Crippen LogP contribution in [0.3, 0.4) is 0 Å². The first-order chi connectivity index (χ1) is 8.42. The number of nitro benzene ring substituents is 1. The van der Waals surface area contributed by atoms with Gasteiger partial charge in [0.25, 0.3) is 11.6 Å². The fraction of sp³-hybridized carbons (Fsp3) is 0.250. The Bertz CT molecular complexity index is 549. The van der Waals surface area contributed by atoms with Crippen LogP contribution in [-0.4, -0.2) is 16.4 Å². The van der Waals surface area contributed by atoms with Crippen molar-refractivity contribution in [1.82, 2.24) is 10.9 Å². The summed E-state index contributed by atoms with van der Waals surface area (Å²) in [6.07, 6.45) is 1.55. The number of amides is 1. The number of nitrogens with one attached hydrogen (secondary N) is 2. The number of carbonyl (C=O) groups is 1. The predicted octanol–water partition coefficient (Wildman–Crippen LogP) is 1.39. The number of nitrogens with zero attached hydrogens (tertiary/aromatic N) is 1. The highest BCUT2D eigenvalue weighted by molar-refractivity contribution is 6.02. The van der Waals surface area contributed by atoms with E-state index >= 15 is 0 Å². The van der Waals surface area contributed by atoms with E-state index in [4.69, 9.17) is 0 Å². The Balaban J connectivity index is 2.51. The molecule has 2 N–H and O–H groups in total. The molecule has 0 aliphatic carbocycles. The fourth-order valence-corrected chi connectivity index (χ4v) is 1.81. The Morgan fingerprint density at radius 2 is 2.00 bits per heavy atom. The van der Waals surface area contributed by atoms with Crippen LogP contribution in [0.2, 0.25) is 0 Å². The predicted molar refractivity (Wildman–Crippen MR) is 66.4 cm³/mol. The highest BCUT2D eigenvalue weighted by Crippen LogP contribution is 2.26. The average Bonchev–Trinajstić information content (AvgIpc) is 2.56. The van der Waals surface area contributed by atoms with Gasteiger partial charge in [0, 0.05) is 11.6 Å². The summed E-state index contributed by atoms with van der Waals surface area (Å²) in [5.74, 6) is -0.266. The summed E-state index contributed by atoms with van der Waals surface area (Å²) in [5, 5.41) is 10.9. The monoisotopic (exact) mass is 247 g/mol. The molecule has 1 aromatic carbocycles. The minimum absolute atomic E-state index is 0.0134. The minimum Gasteiger partial charge on any atom is -0.287 e. The molecule has 1 fully saturated rings. The molecule has 0 atom stereocenters. The Labute approximate surface area is 104 Å². The molecule has 6 heteroatoms. The lowest BCUT2D eigenvalue weighted by atomic mass is 9.94. The molecule has 1 heterocycles. The van der Waals surface area contributed by atoms with Crippen molar-refractivity contribution in [2.45, 2.75) is 19.4 Å². The number of benzene rings is 1. The molecule has 1 amide bonds. The van der Waals surface area contributed by atoms with Gasteiger partial charge in [-0.05, 0) is 26.0 Å². The molecule has 1 saturated heterocycles. The molecule has 1 aromatic rings. The zero-order chi connectivity index (χ0) is 13.3. The van der Waals surface area contributed by atoms with Gasteiger partial charge in [0.1, 0.15) is 0 Å². The number of carbonyl (C=O) groups excluding carboxylic acids is 1. The van der Waals surface area contributed by atoms with Gasteiger partial charge in [-0.2, -0.15) is 0 Å². The van der Waals surface area contributed by atoms with Crippen LogP contribution in [0.1, 0.15) is 19.4 Å². The molecular formula is C12H13N3O3. The maximum absolute atomic E-state index is 11.7. The molecule has 0 unspecified atom stereocenters. The van der Waals surface area contributed by atoms with E-state index in [9.17, 15) is 14.9 Å². The van der Waals surface area contributed by atoms with Crippen molar-refractivity contribution >= 4 is 17.7 Å². The minimum atomic E-state index is -0.555. The van der Waals surface area contributed by atoms with Crippen molar-refractivity contribution in [3.8, 4) is 0 Å². The van der Waals surface area contributed by atoms with Gasteiger partial charge in [-0.25, -0.2) is 5.43 Å². The number of rotatable bonds is 2. The van der Waals surface area contributed by atoms with Gasteiger partial charge in [0.05, 0.1) is 16.0 Å². The number of hydrogen-bond donors (Lipinski definition) is 2. The van der Waals surface area contributed by atoms with Crippen molar-refractivity contribution < 1.29 is 9.72 Å². The van der Waals surface area contributed by atoms with Crippen LogP contribution in [0.4, 0.5) is 5.69 Å². The van der Waals surface area contributed by atoms with Gasteiger partial charge >= 0.3 is 0 Å². The third-order valence-corrected chi connectivity index (χ3v) is 2.84. The van der Waals surface area contributed by atoms with E-state index in [1.54, 1.807) is 24.3 Å². The number of para-hydroxylation sites is 1. The Morgan fingerprint density at radius 3 is 2.56 bits per heavy atom. The smallest absolute Gasteiger partial charge is 0.276 e. The molecule has 1 aliphatic heterocycles. The van der Waals surface area contributed by atoms with Crippen LogP contribution < -0.4 is 10.9 Å². The maximum atomic E-state index is 11.7. The molecule has 2 rings (SSSR count). The van der Waals surface area contributed by atoms with E-state index < -0.39 is 10.5 Å². The standard InChI is InChI=1S/C12H13N3O3/c1-12(2)9(11(16)13-14-12)7-8-5-3-4-6-10(8)15(17)18/h3-7,14H,1-2H3,(H,13,16)/b9-7+. The van der Waals surface area contributed by atoms with E-state index in [-0.39, 0.29) is 11.6 Å². The van der Waals surface area contributed by atoms with Gasteiger partial charge < -0.3 is 0 Å². The van der Waals surface area contributed by atoms with E-state index in [2.05, 4.69) is 10.9 Å². The molecular weight excluding hydrogens is 234 g/mol. The Morgan fingerprint density at radius 1 is 1.33 bits per heavy atom. The summed E-state index contributed by atoms with van der Waals surface area (Å²) in [6, 6.07) is 6.33. The maximum Gasteiger partial charge on any atom is 0.276 e. The first-order valence-corrected chi connectivity index (χ1v) is 5.45. The summed E-state index contributed by atoms with van der Waals surface area (Å²) in [6.45, 7) is 3.65. The molecule has 0 aromatic heterocycles. The number of hydrazine groups is 1. The van der Waals surface area contributed by atoms with E-state index in [0.29, 0.717) is 11.1 Å². The Kier molecular flexibility index (Phi) is 2.88. The largest absolute Gasteiger partial charge is 0.287 e. The first-order valence-electron chi connectivity index (χ1n) is 5.45. The highest BCUT2D eigenvalue weighted by Gasteiger charge is 2.35. The lowest BCUT2D eigenvalue weighted by Gasteiger charge is -2.16. The van der Waals surface area contributed by atoms with Crippen molar-refractivity contribution in [2.75, 3.05) is 0 Å². The van der Waals surface area contributed by atoms with Crippen molar-refractivity contribution in [3.63, 3.8) is 0 Å². The van der Waals surface area contributed by atoms with Crippen molar-refractivity contribution in [2.24, 2.45) is 0 Å². The third-order valence-electron chi connectivity index (χ3n) is 2.84. The summed E-state index contributed by atoms with van der Waals surface area (Å²) in [7, 11) is 0. The molecule has 6 nitrogen and oxygen atoms in total. The zero-order valence-corrected chi connectivity index (χ0v) is 10.1. The molecule has 0 radical (unpaired) electrons. The number of nitro groups is 1. The Hall–Kier alpha value is -2.21. The normalized spacial score (nSPS) is 19.9. The van der Waals surface area contributed by atoms with E-state index in [0.717, 1.165) is 0 Å². The quantitative estimate of drug-likeness (QED) is 0.470. The second-order valence-corrected chi connectivity index (χ2v) is 4.58. The lowest BCUT2D eigenvalue weighted by molar-refractivity contribution is -0.385. The van der Waals surface area contributed by atoms with Crippen LogP contribution in [-0.2, 0) is 4.79 Å². The van der Waals surface area contributed by atoms with Gasteiger partial charge in [-0.1, -0.05) is 12.1 Å². The van der Waals surface area contributed by atoms with E-state index in [1.807, 2.05) is 13.8 Å². The van der Waals surface area contributed by atoms with Crippen LogP contribution in [0.15, 0.2) is 29.8 Å². The molecule has 94 valence electrons. The molecule has 0 saturated carbocycles.